The first kappa shape index (κ1) is 17.6. The lowest BCUT2D eigenvalue weighted by molar-refractivity contribution is -0.386. The van der Waals surface area contributed by atoms with Gasteiger partial charge in [0.2, 0.25) is 10.5 Å². The Bertz CT molecular complexity index is 827. The zero-order valence-electron chi connectivity index (χ0n) is 13.2. The van der Waals surface area contributed by atoms with E-state index in [0.717, 1.165) is 6.42 Å². The van der Waals surface area contributed by atoms with Gasteiger partial charge in [0.05, 0.1) is 17.7 Å². The molecular formula is C14H17N5O4S. The van der Waals surface area contributed by atoms with E-state index >= 15 is 0 Å². The first-order valence-corrected chi connectivity index (χ1v) is 7.73. The molecule has 128 valence electrons. The predicted octanol–water partition coefficient (Wildman–Crippen LogP) is 2.79. The van der Waals surface area contributed by atoms with Crippen molar-refractivity contribution in [2.45, 2.75) is 26.7 Å². The van der Waals surface area contributed by atoms with Crippen LogP contribution in [0, 0.1) is 14.9 Å². The van der Waals surface area contributed by atoms with E-state index in [-0.39, 0.29) is 12.4 Å². The Morgan fingerprint density at radius 3 is 2.92 bits per heavy atom. The number of hydrogen-bond acceptors (Lipinski definition) is 7. The van der Waals surface area contributed by atoms with Crippen LogP contribution in [0.3, 0.4) is 0 Å². The van der Waals surface area contributed by atoms with E-state index in [1.54, 1.807) is 6.92 Å². The molecule has 0 amide bonds. The van der Waals surface area contributed by atoms with Gasteiger partial charge < -0.3 is 9.84 Å². The zero-order chi connectivity index (χ0) is 17.7. The smallest absolute Gasteiger partial charge is 0.315 e. The van der Waals surface area contributed by atoms with Gasteiger partial charge in [-0.05, 0) is 31.6 Å². The monoisotopic (exact) mass is 351 g/mol. The molecule has 2 rings (SSSR count). The maximum atomic E-state index is 11.1. The molecule has 0 fully saturated rings. The summed E-state index contributed by atoms with van der Waals surface area (Å²) in [4.78, 5) is 10.4. The summed E-state index contributed by atoms with van der Waals surface area (Å²) in [6.07, 6.45) is 2.96. The van der Waals surface area contributed by atoms with Crippen LogP contribution in [0.1, 0.15) is 31.7 Å². The number of benzene rings is 1. The third-order valence-corrected chi connectivity index (χ3v) is 3.35. The average molecular weight is 351 g/mol. The molecule has 24 heavy (non-hydrogen) atoms. The second kappa shape index (κ2) is 7.68. The average Bonchev–Trinajstić information content (AvgIpc) is 2.88. The SMILES string of the molecule is CCCc1n[nH]c(=S)n1/N=C\c1cc(OCC)c(O)c([N+](=O)[O-])c1. The summed E-state index contributed by atoms with van der Waals surface area (Å²) in [6, 6.07) is 2.68. The molecule has 0 aliphatic carbocycles. The Morgan fingerprint density at radius 1 is 1.54 bits per heavy atom. The molecule has 9 nitrogen and oxygen atoms in total. The Morgan fingerprint density at radius 2 is 2.29 bits per heavy atom. The summed E-state index contributed by atoms with van der Waals surface area (Å²) >= 11 is 5.12. The quantitative estimate of drug-likeness (QED) is 0.343. The summed E-state index contributed by atoms with van der Waals surface area (Å²) in [6.45, 7) is 3.98. The molecule has 0 spiro atoms. The molecule has 2 aromatic rings. The van der Waals surface area contributed by atoms with Crippen molar-refractivity contribution >= 4 is 24.1 Å². The molecule has 0 aliphatic heterocycles. The molecule has 10 heteroatoms. The molecule has 0 saturated heterocycles. The second-order valence-electron chi connectivity index (χ2n) is 4.83. The van der Waals surface area contributed by atoms with Crippen molar-refractivity contribution < 1.29 is 14.8 Å². The number of nitrogens with zero attached hydrogens (tertiary/aromatic N) is 4. The summed E-state index contributed by atoms with van der Waals surface area (Å²) in [5.74, 6) is 0.181. The van der Waals surface area contributed by atoms with E-state index in [1.807, 2.05) is 6.92 Å². The van der Waals surface area contributed by atoms with E-state index in [0.29, 0.717) is 22.6 Å². The molecule has 0 bridgehead atoms. The number of nitro groups is 1. The number of H-pyrrole nitrogens is 1. The van der Waals surface area contributed by atoms with E-state index < -0.39 is 16.4 Å². The van der Waals surface area contributed by atoms with Gasteiger partial charge in [0.25, 0.3) is 0 Å². The number of phenols is 1. The first-order chi connectivity index (χ1) is 11.5. The van der Waals surface area contributed by atoms with Crippen LogP contribution in [0.2, 0.25) is 0 Å². The minimum atomic E-state index is -0.679. The molecule has 0 unspecified atom stereocenters. The fourth-order valence-electron chi connectivity index (χ4n) is 2.05. The first-order valence-electron chi connectivity index (χ1n) is 7.32. The van der Waals surface area contributed by atoms with Crippen LogP contribution in [-0.4, -0.2) is 37.7 Å². The van der Waals surface area contributed by atoms with Gasteiger partial charge in [-0.25, -0.2) is 0 Å². The number of nitrogens with one attached hydrogen (secondary N) is 1. The van der Waals surface area contributed by atoms with E-state index in [2.05, 4.69) is 15.3 Å². The van der Waals surface area contributed by atoms with Crippen LogP contribution in [-0.2, 0) is 6.42 Å². The lowest BCUT2D eigenvalue weighted by atomic mass is 10.2. The largest absolute Gasteiger partial charge is 0.500 e. The third-order valence-electron chi connectivity index (χ3n) is 3.09. The number of hydrogen-bond donors (Lipinski definition) is 2. The number of aromatic amines is 1. The van der Waals surface area contributed by atoms with E-state index in [1.165, 1.54) is 23.0 Å². The Labute approximate surface area is 142 Å². The lowest BCUT2D eigenvalue weighted by Gasteiger charge is -2.07. The summed E-state index contributed by atoms with van der Waals surface area (Å²) in [5, 5.41) is 31.9. The maximum absolute atomic E-state index is 11.1. The number of phenolic OH excluding ortho intramolecular Hbond substituents is 1. The van der Waals surface area contributed by atoms with Crippen LogP contribution >= 0.6 is 12.2 Å². The number of ether oxygens (including phenoxy) is 1. The summed E-state index contributed by atoms with van der Waals surface area (Å²) < 4.78 is 7.01. The van der Waals surface area contributed by atoms with Crippen molar-refractivity contribution in [2.24, 2.45) is 5.10 Å². The maximum Gasteiger partial charge on any atom is 0.315 e. The van der Waals surface area contributed by atoms with Gasteiger partial charge in [-0.3, -0.25) is 15.2 Å². The standard InChI is InChI=1S/C14H17N5O4S/c1-3-5-12-16-17-14(24)18(12)15-8-9-6-10(19(21)22)13(20)11(7-9)23-4-2/h6-8,20H,3-5H2,1-2H3,(H,17,24)/b15-8-. The minimum absolute atomic E-state index is 0.0257. The predicted molar refractivity (Wildman–Crippen MR) is 90.3 cm³/mol. The number of aromatic hydroxyl groups is 1. The lowest BCUT2D eigenvalue weighted by Crippen LogP contribution is -2.00. The number of aromatic nitrogens is 3. The van der Waals surface area contributed by atoms with Crippen molar-refractivity contribution in [3.05, 3.63) is 38.4 Å². The van der Waals surface area contributed by atoms with E-state index in [9.17, 15) is 15.2 Å². The van der Waals surface area contributed by atoms with Crippen LogP contribution in [0.5, 0.6) is 11.5 Å². The Kier molecular flexibility index (Phi) is 5.64. The molecule has 0 atom stereocenters. The van der Waals surface area contributed by atoms with Gasteiger partial charge in [0.15, 0.2) is 11.6 Å². The second-order valence-corrected chi connectivity index (χ2v) is 5.21. The van der Waals surface area contributed by atoms with Gasteiger partial charge in [-0.2, -0.15) is 14.9 Å². The van der Waals surface area contributed by atoms with Crippen molar-refractivity contribution in [2.75, 3.05) is 6.61 Å². The highest BCUT2D eigenvalue weighted by atomic mass is 32.1. The fraction of sp³-hybridized carbons (Fsp3) is 0.357. The summed E-state index contributed by atoms with van der Waals surface area (Å²) in [5.41, 5.74) is -0.0551. The van der Waals surface area contributed by atoms with Crippen LogP contribution in [0.15, 0.2) is 17.2 Å². The van der Waals surface area contributed by atoms with Crippen molar-refractivity contribution in [1.82, 2.24) is 14.9 Å². The minimum Gasteiger partial charge on any atom is -0.500 e. The van der Waals surface area contributed by atoms with Gasteiger partial charge in [0, 0.05) is 18.1 Å². The molecule has 1 aromatic heterocycles. The molecule has 2 N–H and O–H groups in total. The highest BCUT2D eigenvalue weighted by Crippen LogP contribution is 2.36. The fourth-order valence-corrected chi connectivity index (χ4v) is 2.24. The van der Waals surface area contributed by atoms with Crippen LogP contribution < -0.4 is 4.74 Å². The Hall–Kier alpha value is -2.75. The van der Waals surface area contributed by atoms with Crippen LogP contribution in [0.4, 0.5) is 5.69 Å². The number of aryl methyl sites for hydroxylation is 1. The van der Waals surface area contributed by atoms with Gasteiger partial charge in [0.1, 0.15) is 0 Å². The summed E-state index contributed by atoms with van der Waals surface area (Å²) in [7, 11) is 0. The zero-order valence-corrected chi connectivity index (χ0v) is 14.0. The van der Waals surface area contributed by atoms with Gasteiger partial charge in [-0.1, -0.05) is 6.92 Å². The normalized spacial score (nSPS) is 11.1. The molecular weight excluding hydrogens is 334 g/mol. The van der Waals surface area contributed by atoms with Crippen molar-refractivity contribution in [3.63, 3.8) is 0 Å². The molecule has 0 saturated carbocycles. The topological polar surface area (TPSA) is 119 Å². The molecule has 0 radical (unpaired) electrons. The molecule has 1 heterocycles. The third kappa shape index (κ3) is 3.77. The van der Waals surface area contributed by atoms with Gasteiger partial charge in [-0.15, -0.1) is 0 Å². The number of rotatable bonds is 7. The molecule has 0 aliphatic rings. The van der Waals surface area contributed by atoms with Crippen LogP contribution in [0.25, 0.3) is 0 Å². The highest BCUT2D eigenvalue weighted by molar-refractivity contribution is 7.71. The highest BCUT2D eigenvalue weighted by Gasteiger charge is 2.19. The van der Waals surface area contributed by atoms with Crippen molar-refractivity contribution in [1.29, 1.82) is 0 Å². The number of nitro benzene ring substituents is 1. The van der Waals surface area contributed by atoms with Gasteiger partial charge >= 0.3 is 5.69 Å². The molecule has 1 aromatic carbocycles. The van der Waals surface area contributed by atoms with Crippen molar-refractivity contribution in [3.8, 4) is 11.5 Å². The van der Waals surface area contributed by atoms with E-state index in [4.69, 9.17) is 17.0 Å². The Balaban J connectivity index is 2.44.